The van der Waals surface area contributed by atoms with E-state index >= 15 is 0 Å². The van der Waals surface area contributed by atoms with Gasteiger partial charge in [-0.3, -0.25) is 4.79 Å². The lowest BCUT2D eigenvalue weighted by Gasteiger charge is -2.08. The quantitative estimate of drug-likeness (QED) is 0.737. The van der Waals surface area contributed by atoms with Crippen LogP contribution >= 0.6 is 0 Å². The maximum absolute atomic E-state index is 12.0. The minimum Gasteiger partial charge on any atom is -0.497 e. The van der Waals surface area contributed by atoms with Gasteiger partial charge in [0.05, 0.1) is 32.4 Å². The van der Waals surface area contributed by atoms with Gasteiger partial charge in [-0.15, -0.1) is 0 Å². The third-order valence-corrected chi connectivity index (χ3v) is 4.23. The summed E-state index contributed by atoms with van der Waals surface area (Å²) in [6.45, 7) is 2.92. The summed E-state index contributed by atoms with van der Waals surface area (Å²) in [6, 6.07) is 9.43. The first-order valence-corrected chi connectivity index (χ1v) is 8.72. The topological polar surface area (TPSA) is 82.8 Å². The van der Waals surface area contributed by atoms with Gasteiger partial charge in [-0.05, 0) is 24.1 Å². The monoisotopic (exact) mass is 360 g/mol. The highest BCUT2D eigenvalue weighted by atomic mass is 16.5. The zero-order valence-corrected chi connectivity index (χ0v) is 14.9. The van der Waals surface area contributed by atoms with Gasteiger partial charge >= 0.3 is 0 Å². The summed E-state index contributed by atoms with van der Waals surface area (Å²) < 4.78 is 21.3. The number of hydrogen-bond acceptors (Lipinski definition) is 6. The van der Waals surface area contributed by atoms with E-state index in [1.165, 1.54) is 0 Å². The Morgan fingerprint density at radius 2 is 2.15 bits per heavy atom. The van der Waals surface area contributed by atoms with E-state index in [0.29, 0.717) is 37.1 Å². The molecule has 0 aliphatic carbocycles. The van der Waals surface area contributed by atoms with Crippen molar-refractivity contribution in [1.29, 1.82) is 0 Å². The van der Waals surface area contributed by atoms with Crippen LogP contribution in [-0.4, -0.2) is 37.9 Å². The molecule has 1 N–H and O–H groups in total. The number of hydrogen-bond donors (Lipinski definition) is 1. The summed E-state index contributed by atoms with van der Waals surface area (Å²) in [5.74, 6) is 1.77. The molecular weight excluding hydrogens is 336 g/mol. The van der Waals surface area contributed by atoms with Crippen molar-refractivity contribution in [2.24, 2.45) is 5.92 Å². The molecule has 7 nitrogen and oxygen atoms in total. The van der Waals surface area contributed by atoms with Crippen molar-refractivity contribution in [3.05, 3.63) is 47.3 Å². The predicted octanol–water partition coefficient (Wildman–Crippen LogP) is 2.10. The van der Waals surface area contributed by atoms with Crippen LogP contribution in [0, 0.1) is 5.92 Å². The number of methoxy groups -OCH3 is 1. The standard InChI is InChI=1S/C19H24N2O5/c1-23-17-4-2-14(3-5-17)11-25-13-18-8-16(21-26-18)9-19(22)20-10-15-6-7-24-12-15/h2-5,8,15H,6-7,9-13H2,1H3,(H,20,22). The zero-order chi connectivity index (χ0) is 18.2. The Labute approximate surface area is 152 Å². The van der Waals surface area contributed by atoms with Crippen LogP contribution in [0.15, 0.2) is 34.9 Å². The Morgan fingerprint density at radius 3 is 2.88 bits per heavy atom. The smallest absolute Gasteiger partial charge is 0.226 e. The molecule has 26 heavy (non-hydrogen) atoms. The van der Waals surface area contributed by atoms with Crippen molar-refractivity contribution in [2.75, 3.05) is 26.9 Å². The van der Waals surface area contributed by atoms with Crippen LogP contribution in [0.25, 0.3) is 0 Å². The molecule has 1 saturated heterocycles. The Balaban J connectivity index is 1.37. The normalized spacial score (nSPS) is 16.6. The molecule has 7 heteroatoms. The van der Waals surface area contributed by atoms with E-state index in [1.54, 1.807) is 13.2 Å². The first kappa shape index (κ1) is 18.4. The largest absolute Gasteiger partial charge is 0.497 e. The summed E-state index contributed by atoms with van der Waals surface area (Å²) in [5, 5.41) is 6.84. The van der Waals surface area contributed by atoms with E-state index in [-0.39, 0.29) is 12.3 Å². The predicted molar refractivity (Wildman–Crippen MR) is 93.6 cm³/mol. The van der Waals surface area contributed by atoms with E-state index in [1.807, 2.05) is 24.3 Å². The van der Waals surface area contributed by atoms with Crippen molar-refractivity contribution in [3.8, 4) is 5.75 Å². The Morgan fingerprint density at radius 1 is 1.31 bits per heavy atom. The van der Waals surface area contributed by atoms with Gasteiger partial charge in [0.1, 0.15) is 12.4 Å². The van der Waals surface area contributed by atoms with Crippen LogP contribution in [0.5, 0.6) is 5.75 Å². The van der Waals surface area contributed by atoms with Crippen molar-refractivity contribution < 1.29 is 23.5 Å². The second-order valence-electron chi connectivity index (χ2n) is 6.34. The molecule has 0 radical (unpaired) electrons. The molecule has 1 aliphatic heterocycles. The van der Waals surface area contributed by atoms with Crippen LogP contribution in [0.3, 0.4) is 0 Å². The van der Waals surface area contributed by atoms with E-state index in [9.17, 15) is 4.79 Å². The number of carbonyl (C=O) groups excluding carboxylic acids is 1. The van der Waals surface area contributed by atoms with Crippen molar-refractivity contribution in [1.82, 2.24) is 10.5 Å². The minimum absolute atomic E-state index is 0.0594. The van der Waals surface area contributed by atoms with Crippen LogP contribution in [0.1, 0.15) is 23.4 Å². The number of rotatable bonds is 9. The van der Waals surface area contributed by atoms with E-state index in [2.05, 4.69) is 10.5 Å². The van der Waals surface area contributed by atoms with E-state index in [4.69, 9.17) is 18.7 Å². The second-order valence-corrected chi connectivity index (χ2v) is 6.34. The van der Waals surface area contributed by atoms with Gasteiger partial charge in [0, 0.05) is 25.1 Å². The lowest BCUT2D eigenvalue weighted by molar-refractivity contribution is -0.120. The van der Waals surface area contributed by atoms with Crippen molar-refractivity contribution in [3.63, 3.8) is 0 Å². The molecule has 0 spiro atoms. The molecule has 3 rings (SSSR count). The molecule has 1 aliphatic rings. The molecule has 1 aromatic heterocycles. The zero-order valence-electron chi connectivity index (χ0n) is 14.9. The van der Waals surface area contributed by atoms with E-state index < -0.39 is 0 Å². The van der Waals surface area contributed by atoms with Gasteiger partial charge in [-0.25, -0.2) is 0 Å². The molecular formula is C19H24N2O5. The number of nitrogens with one attached hydrogen (secondary N) is 1. The van der Waals surface area contributed by atoms with Gasteiger partial charge in [0.25, 0.3) is 0 Å². The average molecular weight is 360 g/mol. The molecule has 2 heterocycles. The number of benzene rings is 1. The second kappa shape index (κ2) is 9.35. The van der Waals surface area contributed by atoms with Gasteiger partial charge in [0.15, 0.2) is 5.76 Å². The maximum Gasteiger partial charge on any atom is 0.226 e. The number of amides is 1. The molecule has 0 bridgehead atoms. The summed E-state index contributed by atoms with van der Waals surface area (Å²) >= 11 is 0. The molecule has 1 atom stereocenters. The fourth-order valence-electron chi connectivity index (χ4n) is 2.73. The Bertz CT molecular complexity index is 692. The molecule has 1 fully saturated rings. The molecule has 1 aromatic carbocycles. The molecule has 140 valence electrons. The highest BCUT2D eigenvalue weighted by Gasteiger charge is 2.17. The fraction of sp³-hybridized carbons (Fsp3) is 0.474. The summed E-state index contributed by atoms with van der Waals surface area (Å²) in [7, 11) is 1.64. The van der Waals surface area contributed by atoms with Crippen molar-refractivity contribution >= 4 is 5.91 Å². The van der Waals surface area contributed by atoms with Crippen LogP contribution < -0.4 is 10.1 Å². The van der Waals surface area contributed by atoms with Crippen LogP contribution in [0.4, 0.5) is 0 Å². The number of aromatic nitrogens is 1. The minimum atomic E-state index is -0.0594. The molecule has 0 saturated carbocycles. The van der Waals surface area contributed by atoms with Crippen LogP contribution in [-0.2, 0) is 33.9 Å². The number of nitrogens with zero attached hydrogens (tertiary/aromatic N) is 1. The highest BCUT2D eigenvalue weighted by Crippen LogP contribution is 2.14. The van der Waals surface area contributed by atoms with Gasteiger partial charge < -0.3 is 24.1 Å². The van der Waals surface area contributed by atoms with Crippen molar-refractivity contribution in [2.45, 2.75) is 26.1 Å². The first-order valence-electron chi connectivity index (χ1n) is 8.72. The third kappa shape index (κ3) is 5.57. The van der Waals surface area contributed by atoms with Gasteiger partial charge in [0.2, 0.25) is 5.91 Å². The first-order chi connectivity index (χ1) is 12.7. The van der Waals surface area contributed by atoms with Gasteiger partial charge in [-0.1, -0.05) is 17.3 Å². The summed E-state index contributed by atoms with van der Waals surface area (Å²) in [6.07, 6.45) is 1.20. The fourth-order valence-corrected chi connectivity index (χ4v) is 2.73. The highest BCUT2D eigenvalue weighted by molar-refractivity contribution is 5.78. The SMILES string of the molecule is COc1ccc(COCc2cc(CC(=O)NCC3CCOC3)no2)cc1. The summed E-state index contributed by atoms with van der Waals surface area (Å²) in [5.41, 5.74) is 1.65. The lowest BCUT2D eigenvalue weighted by atomic mass is 10.1. The summed E-state index contributed by atoms with van der Waals surface area (Å²) in [4.78, 5) is 12.0. The molecule has 2 aromatic rings. The Kier molecular flexibility index (Phi) is 6.62. The average Bonchev–Trinajstić information content (AvgIpc) is 3.33. The van der Waals surface area contributed by atoms with Crippen LogP contribution in [0.2, 0.25) is 0 Å². The lowest BCUT2D eigenvalue weighted by Crippen LogP contribution is -2.30. The van der Waals surface area contributed by atoms with Gasteiger partial charge in [-0.2, -0.15) is 0 Å². The molecule has 1 unspecified atom stereocenters. The third-order valence-electron chi connectivity index (χ3n) is 4.23. The molecule has 1 amide bonds. The van der Waals surface area contributed by atoms with E-state index in [0.717, 1.165) is 30.9 Å². The Hall–Kier alpha value is -2.38. The number of carbonyl (C=O) groups is 1. The maximum atomic E-state index is 12.0. The number of ether oxygens (including phenoxy) is 3.